The van der Waals surface area contributed by atoms with Crippen LogP contribution in [0.4, 0.5) is 5.69 Å². The lowest BCUT2D eigenvalue weighted by Gasteiger charge is -2.09. The topological polar surface area (TPSA) is 46.2 Å². The monoisotopic (exact) mass is 329 g/mol. The molecule has 0 saturated heterocycles. The van der Waals surface area contributed by atoms with Crippen molar-refractivity contribution in [3.05, 3.63) is 58.1 Å². The lowest BCUT2D eigenvalue weighted by molar-refractivity contribution is 0.602. The molecule has 0 saturated carbocycles. The quantitative estimate of drug-likeness (QED) is 0.921. The third kappa shape index (κ3) is 3.88. The summed E-state index contributed by atoms with van der Waals surface area (Å²) in [5, 5.41) is 4.30. The SMILES string of the molecule is CS(=O)(=O)c1cccc(NCc2ccc(Cl)cc2Cl)c1. The molecular weight excluding hydrogens is 317 g/mol. The molecule has 0 bridgehead atoms. The highest BCUT2D eigenvalue weighted by molar-refractivity contribution is 7.90. The Morgan fingerprint density at radius 2 is 1.85 bits per heavy atom. The van der Waals surface area contributed by atoms with Crippen LogP contribution < -0.4 is 5.32 Å². The van der Waals surface area contributed by atoms with E-state index in [0.29, 0.717) is 16.6 Å². The second kappa shape index (κ2) is 6.04. The second-order valence-corrected chi connectivity index (χ2v) is 7.25. The van der Waals surface area contributed by atoms with Gasteiger partial charge in [-0.05, 0) is 35.9 Å². The van der Waals surface area contributed by atoms with Gasteiger partial charge < -0.3 is 5.32 Å². The van der Waals surface area contributed by atoms with E-state index < -0.39 is 9.84 Å². The fourth-order valence-electron chi connectivity index (χ4n) is 1.70. The Bertz CT molecular complexity index is 730. The maximum Gasteiger partial charge on any atom is 0.175 e. The van der Waals surface area contributed by atoms with Crippen LogP contribution in [0.15, 0.2) is 47.4 Å². The van der Waals surface area contributed by atoms with Gasteiger partial charge >= 0.3 is 0 Å². The Balaban J connectivity index is 2.15. The third-order valence-corrected chi connectivity index (χ3v) is 4.46. The molecular formula is C14H13Cl2NO2S. The lowest BCUT2D eigenvalue weighted by atomic mass is 10.2. The molecule has 0 radical (unpaired) electrons. The number of halogens is 2. The van der Waals surface area contributed by atoms with Crippen LogP contribution in [0.25, 0.3) is 0 Å². The van der Waals surface area contributed by atoms with Gasteiger partial charge in [-0.3, -0.25) is 0 Å². The van der Waals surface area contributed by atoms with Crippen LogP contribution in [0.1, 0.15) is 5.56 Å². The fourth-order valence-corrected chi connectivity index (χ4v) is 2.84. The van der Waals surface area contributed by atoms with Crippen LogP contribution in [-0.4, -0.2) is 14.7 Å². The van der Waals surface area contributed by atoms with Gasteiger partial charge in [0, 0.05) is 28.5 Å². The molecule has 0 aliphatic rings. The minimum Gasteiger partial charge on any atom is -0.381 e. The Labute approximate surface area is 128 Å². The Kier molecular flexibility index (Phi) is 4.58. The summed E-state index contributed by atoms with van der Waals surface area (Å²) in [6, 6.07) is 11.9. The van der Waals surface area contributed by atoms with Gasteiger partial charge in [0.25, 0.3) is 0 Å². The molecule has 0 fully saturated rings. The number of sulfone groups is 1. The molecule has 0 amide bonds. The fraction of sp³-hybridized carbons (Fsp3) is 0.143. The molecule has 106 valence electrons. The lowest BCUT2D eigenvalue weighted by Crippen LogP contribution is -2.02. The Morgan fingerprint density at radius 3 is 2.50 bits per heavy atom. The summed E-state index contributed by atoms with van der Waals surface area (Å²) in [6.45, 7) is 0.489. The summed E-state index contributed by atoms with van der Waals surface area (Å²) in [4.78, 5) is 0.282. The molecule has 0 atom stereocenters. The second-order valence-electron chi connectivity index (χ2n) is 4.39. The first kappa shape index (κ1) is 15.2. The van der Waals surface area contributed by atoms with Crippen LogP contribution in [0.5, 0.6) is 0 Å². The zero-order chi connectivity index (χ0) is 14.8. The molecule has 2 aromatic carbocycles. The average molecular weight is 330 g/mol. The number of hydrogen-bond acceptors (Lipinski definition) is 3. The highest BCUT2D eigenvalue weighted by Gasteiger charge is 2.07. The summed E-state index contributed by atoms with van der Waals surface area (Å²) >= 11 is 11.9. The number of anilines is 1. The first-order chi connectivity index (χ1) is 9.36. The summed E-state index contributed by atoms with van der Waals surface area (Å²) in [5.41, 5.74) is 1.61. The van der Waals surface area contributed by atoms with E-state index >= 15 is 0 Å². The van der Waals surface area contributed by atoms with Crippen molar-refractivity contribution in [3.63, 3.8) is 0 Å². The first-order valence-corrected chi connectivity index (χ1v) is 8.49. The number of benzene rings is 2. The van der Waals surface area contributed by atoms with Gasteiger partial charge in [0.05, 0.1) is 4.90 Å². The average Bonchev–Trinajstić information content (AvgIpc) is 2.37. The van der Waals surface area contributed by atoms with Crippen LogP contribution in [0.2, 0.25) is 10.0 Å². The molecule has 3 nitrogen and oxygen atoms in total. The standard InChI is InChI=1S/C14H13Cl2NO2S/c1-20(18,19)13-4-2-3-12(8-13)17-9-10-5-6-11(15)7-14(10)16/h2-8,17H,9H2,1H3. The van der Waals surface area contributed by atoms with Gasteiger partial charge in [0.15, 0.2) is 9.84 Å². The van der Waals surface area contributed by atoms with Crippen molar-refractivity contribution in [3.8, 4) is 0 Å². The van der Waals surface area contributed by atoms with Gasteiger partial charge in [0.1, 0.15) is 0 Å². The number of rotatable bonds is 4. The van der Waals surface area contributed by atoms with Crippen molar-refractivity contribution in [2.24, 2.45) is 0 Å². The molecule has 0 unspecified atom stereocenters. The van der Waals surface area contributed by atoms with Crippen LogP contribution >= 0.6 is 23.2 Å². The molecule has 2 aromatic rings. The van der Waals surface area contributed by atoms with Crippen molar-refractivity contribution in [1.29, 1.82) is 0 Å². The van der Waals surface area contributed by atoms with Crippen LogP contribution in [0.3, 0.4) is 0 Å². The maximum atomic E-state index is 11.5. The summed E-state index contributed by atoms with van der Waals surface area (Å²) in [7, 11) is -3.21. The molecule has 2 rings (SSSR count). The van der Waals surface area contributed by atoms with Crippen LogP contribution in [-0.2, 0) is 16.4 Å². The molecule has 0 aliphatic carbocycles. The third-order valence-electron chi connectivity index (χ3n) is 2.76. The van der Waals surface area contributed by atoms with Gasteiger partial charge in [-0.1, -0.05) is 35.3 Å². The molecule has 0 aromatic heterocycles. The van der Waals surface area contributed by atoms with E-state index in [2.05, 4.69) is 5.32 Å². The molecule has 20 heavy (non-hydrogen) atoms. The normalized spacial score (nSPS) is 11.3. The van der Waals surface area contributed by atoms with Gasteiger partial charge in [0.2, 0.25) is 0 Å². The minimum atomic E-state index is -3.21. The van der Waals surface area contributed by atoms with Crippen molar-refractivity contribution < 1.29 is 8.42 Å². The van der Waals surface area contributed by atoms with E-state index in [1.807, 2.05) is 6.07 Å². The van der Waals surface area contributed by atoms with Gasteiger partial charge in [-0.2, -0.15) is 0 Å². The van der Waals surface area contributed by atoms with E-state index in [9.17, 15) is 8.42 Å². The Morgan fingerprint density at radius 1 is 1.10 bits per heavy atom. The van der Waals surface area contributed by atoms with E-state index in [1.165, 1.54) is 6.26 Å². The molecule has 0 spiro atoms. The molecule has 6 heteroatoms. The zero-order valence-electron chi connectivity index (χ0n) is 10.7. The van der Waals surface area contributed by atoms with E-state index in [-0.39, 0.29) is 4.90 Å². The summed E-state index contributed by atoms with van der Waals surface area (Å²) in [6.07, 6.45) is 1.18. The summed E-state index contributed by atoms with van der Waals surface area (Å²) in [5.74, 6) is 0. The summed E-state index contributed by atoms with van der Waals surface area (Å²) < 4.78 is 23.0. The largest absolute Gasteiger partial charge is 0.381 e. The smallest absolute Gasteiger partial charge is 0.175 e. The zero-order valence-corrected chi connectivity index (χ0v) is 13.1. The number of nitrogens with one attached hydrogen (secondary N) is 1. The predicted molar refractivity (Wildman–Crippen MR) is 83.3 cm³/mol. The minimum absolute atomic E-state index is 0.282. The van der Waals surface area contributed by atoms with Crippen molar-refractivity contribution in [2.45, 2.75) is 11.4 Å². The highest BCUT2D eigenvalue weighted by atomic mass is 35.5. The number of hydrogen-bond donors (Lipinski definition) is 1. The van der Waals surface area contributed by atoms with E-state index in [0.717, 1.165) is 11.3 Å². The van der Waals surface area contributed by atoms with Crippen molar-refractivity contribution in [2.75, 3.05) is 11.6 Å². The Hall–Kier alpha value is -1.23. The molecule has 0 heterocycles. The molecule has 1 N–H and O–H groups in total. The predicted octanol–water partition coefficient (Wildman–Crippen LogP) is 4.01. The van der Waals surface area contributed by atoms with E-state index in [4.69, 9.17) is 23.2 Å². The van der Waals surface area contributed by atoms with Gasteiger partial charge in [-0.25, -0.2) is 8.42 Å². The first-order valence-electron chi connectivity index (χ1n) is 5.84. The van der Waals surface area contributed by atoms with Crippen molar-refractivity contribution in [1.82, 2.24) is 0 Å². The van der Waals surface area contributed by atoms with Gasteiger partial charge in [-0.15, -0.1) is 0 Å². The van der Waals surface area contributed by atoms with E-state index in [1.54, 1.807) is 36.4 Å². The van der Waals surface area contributed by atoms with Crippen molar-refractivity contribution >= 4 is 38.7 Å². The molecule has 0 aliphatic heterocycles. The highest BCUT2D eigenvalue weighted by Crippen LogP contribution is 2.22. The van der Waals surface area contributed by atoms with Crippen LogP contribution in [0, 0.1) is 0 Å². The maximum absolute atomic E-state index is 11.5.